The van der Waals surface area contributed by atoms with E-state index in [-0.39, 0.29) is 6.04 Å². The van der Waals surface area contributed by atoms with Crippen molar-refractivity contribution in [3.63, 3.8) is 0 Å². The monoisotopic (exact) mass is 263 g/mol. The zero-order valence-corrected chi connectivity index (χ0v) is 11.5. The van der Waals surface area contributed by atoms with Crippen molar-refractivity contribution in [3.05, 3.63) is 35.9 Å². The molecule has 0 aromatic heterocycles. The van der Waals surface area contributed by atoms with Crippen LogP contribution in [0, 0.1) is 0 Å². The summed E-state index contributed by atoms with van der Waals surface area (Å²) >= 11 is 0. The number of ether oxygens (including phenoxy) is 2. The van der Waals surface area contributed by atoms with E-state index in [1.807, 2.05) is 12.1 Å². The van der Waals surface area contributed by atoms with Gasteiger partial charge in [0.25, 0.3) is 0 Å². The highest BCUT2D eigenvalue weighted by Crippen LogP contribution is 2.36. The highest BCUT2D eigenvalue weighted by molar-refractivity contribution is 5.49. The van der Waals surface area contributed by atoms with Crippen molar-refractivity contribution in [2.24, 2.45) is 0 Å². The van der Waals surface area contributed by atoms with E-state index in [1.54, 1.807) is 20.3 Å². The highest BCUT2D eigenvalue weighted by Gasteiger charge is 2.23. The Morgan fingerprint density at radius 3 is 2.74 bits per heavy atom. The van der Waals surface area contributed by atoms with Crippen LogP contribution in [-0.4, -0.2) is 32.0 Å². The summed E-state index contributed by atoms with van der Waals surface area (Å²) in [5, 5.41) is 13.2. The predicted molar refractivity (Wildman–Crippen MR) is 74.8 cm³/mol. The van der Waals surface area contributed by atoms with E-state index in [1.165, 1.54) is 11.1 Å². The summed E-state index contributed by atoms with van der Waals surface area (Å²) in [7, 11) is 3.28. The van der Waals surface area contributed by atoms with Gasteiger partial charge >= 0.3 is 0 Å². The molecule has 0 radical (unpaired) electrons. The molecule has 2 N–H and O–H groups in total. The lowest BCUT2D eigenvalue weighted by Crippen LogP contribution is -2.32. The Kier molecular flexibility index (Phi) is 4.45. The highest BCUT2D eigenvalue weighted by atomic mass is 16.5. The van der Waals surface area contributed by atoms with Crippen molar-refractivity contribution in [2.75, 3.05) is 20.8 Å². The van der Waals surface area contributed by atoms with Gasteiger partial charge in [-0.05, 0) is 42.6 Å². The van der Waals surface area contributed by atoms with E-state index in [4.69, 9.17) is 9.47 Å². The third kappa shape index (κ3) is 2.91. The van der Waals surface area contributed by atoms with E-state index in [2.05, 4.69) is 11.9 Å². The third-order valence-electron chi connectivity index (χ3n) is 3.56. The number of benzene rings is 1. The molecule has 1 aromatic carbocycles. The molecule has 104 valence electrons. The molecule has 0 amide bonds. The van der Waals surface area contributed by atoms with Crippen molar-refractivity contribution < 1.29 is 14.6 Å². The maximum Gasteiger partial charge on any atom is 0.161 e. The second-order valence-corrected chi connectivity index (χ2v) is 4.70. The van der Waals surface area contributed by atoms with E-state index < -0.39 is 6.10 Å². The van der Waals surface area contributed by atoms with Crippen LogP contribution < -0.4 is 14.8 Å². The first-order valence-corrected chi connectivity index (χ1v) is 6.48. The summed E-state index contributed by atoms with van der Waals surface area (Å²) in [6.45, 7) is 4.52. The molecule has 1 aliphatic rings. The van der Waals surface area contributed by atoms with Gasteiger partial charge in [0, 0.05) is 6.04 Å². The van der Waals surface area contributed by atoms with Gasteiger partial charge in [0.1, 0.15) is 0 Å². The van der Waals surface area contributed by atoms with E-state index in [9.17, 15) is 5.11 Å². The van der Waals surface area contributed by atoms with Gasteiger partial charge in [-0.15, -0.1) is 6.58 Å². The van der Waals surface area contributed by atoms with E-state index in [0.717, 1.165) is 24.5 Å². The molecule has 1 heterocycles. The number of methoxy groups -OCH3 is 2. The van der Waals surface area contributed by atoms with Crippen molar-refractivity contribution in [1.29, 1.82) is 0 Å². The van der Waals surface area contributed by atoms with Gasteiger partial charge in [-0.3, -0.25) is 0 Å². The molecule has 1 aromatic rings. The Morgan fingerprint density at radius 1 is 1.42 bits per heavy atom. The number of hydrogen-bond acceptors (Lipinski definition) is 4. The molecule has 19 heavy (non-hydrogen) atoms. The quantitative estimate of drug-likeness (QED) is 0.796. The van der Waals surface area contributed by atoms with Gasteiger partial charge in [-0.2, -0.15) is 0 Å². The normalized spacial score (nSPS) is 19.4. The average Bonchev–Trinajstić information content (AvgIpc) is 2.45. The van der Waals surface area contributed by atoms with Gasteiger partial charge in [-0.1, -0.05) is 6.08 Å². The average molecular weight is 263 g/mol. The maximum atomic E-state index is 9.75. The molecule has 2 rings (SSSR count). The molecule has 2 atom stereocenters. The molecular weight excluding hydrogens is 242 g/mol. The van der Waals surface area contributed by atoms with Crippen LogP contribution >= 0.6 is 0 Å². The van der Waals surface area contributed by atoms with Crippen LogP contribution in [0.2, 0.25) is 0 Å². The number of aliphatic hydroxyl groups is 1. The number of fused-ring (bicyclic) bond motifs is 1. The van der Waals surface area contributed by atoms with Gasteiger partial charge in [0.05, 0.1) is 20.3 Å². The molecule has 0 fully saturated rings. The standard InChI is InChI=1S/C15H21NO3/c1-4-11(17)8-13-12-9-15(19-3)14(18-2)7-10(12)5-6-16-13/h4,7,9,11,13,16-17H,1,5-6,8H2,2-3H3/t11?,13-/m0/s1. The maximum absolute atomic E-state index is 9.75. The van der Waals surface area contributed by atoms with Crippen LogP contribution in [0.25, 0.3) is 0 Å². The predicted octanol–water partition coefficient (Wildman–Crippen LogP) is 1.83. The second-order valence-electron chi connectivity index (χ2n) is 4.70. The zero-order chi connectivity index (χ0) is 13.8. The fraction of sp³-hybridized carbons (Fsp3) is 0.467. The summed E-state index contributed by atoms with van der Waals surface area (Å²) in [6.07, 6.45) is 2.63. The lowest BCUT2D eigenvalue weighted by Gasteiger charge is -2.29. The van der Waals surface area contributed by atoms with Crippen LogP contribution in [0.1, 0.15) is 23.6 Å². The molecule has 0 aliphatic carbocycles. The molecule has 0 saturated carbocycles. The minimum atomic E-state index is -0.503. The smallest absolute Gasteiger partial charge is 0.161 e. The Balaban J connectivity index is 2.34. The Morgan fingerprint density at radius 2 is 2.11 bits per heavy atom. The largest absolute Gasteiger partial charge is 0.493 e. The van der Waals surface area contributed by atoms with Crippen LogP contribution in [0.15, 0.2) is 24.8 Å². The van der Waals surface area contributed by atoms with Crippen molar-refractivity contribution in [3.8, 4) is 11.5 Å². The number of nitrogens with one attached hydrogen (secondary N) is 1. The summed E-state index contributed by atoms with van der Waals surface area (Å²) in [5.74, 6) is 1.48. The SMILES string of the molecule is C=CC(O)C[C@@H]1NCCc2cc(OC)c(OC)cc21. The fourth-order valence-corrected chi connectivity index (χ4v) is 2.52. The lowest BCUT2D eigenvalue weighted by molar-refractivity contribution is 0.193. The van der Waals surface area contributed by atoms with Gasteiger partial charge in [0.2, 0.25) is 0 Å². The molecule has 4 heteroatoms. The van der Waals surface area contributed by atoms with Crippen LogP contribution in [0.3, 0.4) is 0 Å². The third-order valence-corrected chi connectivity index (χ3v) is 3.56. The fourth-order valence-electron chi connectivity index (χ4n) is 2.52. The van der Waals surface area contributed by atoms with Crippen molar-refractivity contribution in [1.82, 2.24) is 5.32 Å². The molecular formula is C15H21NO3. The summed E-state index contributed by atoms with van der Waals surface area (Å²) in [5.41, 5.74) is 2.42. The van der Waals surface area contributed by atoms with Crippen LogP contribution in [-0.2, 0) is 6.42 Å². The first-order valence-electron chi connectivity index (χ1n) is 6.48. The van der Waals surface area contributed by atoms with Gasteiger partial charge in [0.15, 0.2) is 11.5 Å². The van der Waals surface area contributed by atoms with Crippen LogP contribution in [0.5, 0.6) is 11.5 Å². The molecule has 0 spiro atoms. The molecule has 4 nitrogen and oxygen atoms in total. The van der Waals surface area contributed by atoms with Crippen molar-refractivity contribution >= 4 is 0 Å². The topological polar surface area (TPSA) is 50.7 Å². The second kappa shape index (κ2) is 6.08. The minimum Gasteiger partial charge on any atom is -0.493 e. The first kappa shape index (κ1) is 13.9. The van der Waals surface area contributed by atoms with E-state index >= 15 is 0 Å². The number of aliphatic hydroxyl groups excluding tert-OH is 1. The molecule has 1 unspecified atom stereocenters. The van der Waals surface area contributed by atoms with E-state index in [0.29, 0.717) is 6.42 Å². The lowest BCUT2D eigenvalue weighted by atomic mass is 9.90. The summed E-state index contributed by atoms with van der Waals surface area (Å²) < 4.78 is 10.7. The summed E-state index contributed by atoms with van der Waals surface area (Å²) in [4.78, 5) is 0. The van der Waals surface area contributed by atoms with Gasteiger partial charge < -0.3 is 19.9 Å². The Hall–Kier alpha value is -1.52. The van der Waals surface area contributed by atoms with Crippen LogP contribution in [0.4, 0.5) is 0 Å². The minimum absolute atomic E-state index is 0.122. The molecule has 0 saturated heterocycles. The Labute approximate surface area is 114 Å². The Bertz CT molecular complexity index is 459. The first-order chi connectivity index (χ1) is 9.19. The molecule has 1 aliphatic heterocycles. The number of hydrogen-bond donors (Lipinski definition) is 2. The summed E-state index contributed by atoms with van der Waals surface area (Å²) in [6, 6.07) is 4.15. The van der Waals surface area contributed by atoms with Gasteiger partial charge in [-0.25, -0.2) is 0 Å². The zero-order valence-electron chi connectivity index (χ0n) is 11.5. The number of rotatable bonds is 5. The van der Waals surface area contributed by atoms with Crippen molar-refractivity contribution in [2.45, 2.75) is 25.0 Å². The molecule has 0 bridgehead atoms.